The number of ether oxygens (including phenoxy) is 1. The second-order valence-corrected chi connectivity index (χ2v) is 6.74. The third-order valence-corrected chi connectivity index (χ3v) is 5.76. The van der Waals surface area contributed by atoms with Gasteiger partial charge < -0.3 is 10.5 Å². The Kier molecular flexibility index (Phi) is 5.36. The second kappa shape index (κ2) is 6.44. The number of nitrogens with zero attached hydrogens (tertiary/aromatic N) is 1. The number of nitrogens with two attached hydrogens (primary N) is 1. The van der Waals surface area contributed by atoms with E-state index in [4.69, 9.17) is 5.73 Å². The zero-order valence-electron chi connectivity index (χ0n) is 13.1. The summed E-state index contributed by atoms with van der Waals surface area (Å²) in [5, 5.41) is 0. The molecule has 2 N–H and O–H groups in total. The number of carbonyl (C=O) groups excluding carboxylic acids is 1. The smallest absolute Gasteiger partial charge is 0.321 e. The first-order chi connectivity index (χ1) is 9.66. The molecule has 1 aromatic rings. The van der Waals surface area contributed by atoms with Crippen molar-refractivity contribution in [3.8, 4) is 0 Å². The Morgan fingerprint density at radius 1 is 1.29 bits per heavy atom. The van der Waals surface area contributed by atoms with E-state index in [0.29, 0.717) is 16.8 Å². The van der Waals surface area contributed by atoms with Crippen LogP contribution in [0, 0.1) is 20.8 Å². The van der Waals surface area contributed by atoms with Crippen molar-refractivity contribution in [1.82, 2.24) is 4.31 Å². The van der Waals surface area contributed by atoms with Crippen LogP contribution in [0.1, 0.15) is 23.6 Å². The predicted molar refractivity (Wildman–Crippen MR) is 81.5 cm³/mol. The van der Waals surface area contributed by atoms with Crippen molar-refractivity contribution in [2.45, 2.75) is 32.6 Å². The van der Waals surface area contributed by atoms with Crippen molar-refractivity contribution in [1.29, 1.82) is 0 Å². The van der Waals surface area contributed by atoms with E-state index in [9.17, 15) is 13.2 Å². The Hall–Kier alpha value is -1.60. The fourth-order valence-electron chi connectivity index (χ4n) is 2.13. The lowest BCUT2D eigenvalue weighted by molar-refractivity contribution is -0.140. The van der Waals surface area contributed by atoms with Crippen LogP contribution < -0.4 is 5.73 Å². The number of esters is 1. The number of anilines is 1. The predicted octanol–water partition coefficient (Wildman–Crippen LogP) is 1.38. The lowest BCUT2D eigenvalue weighted by Crippen LogP contribution is -2.36. The van der Waals surface area contributed by atoms with Gasteiger partial charge in [-0.3, -0.25) is 4.79 Å². The number of aryl methyl sites for hydroxylation is 1. The highest BCUT2D eigenvalue weighted by atomic mass is 32.2. The summed E-state index contributed by atoms with van der Waals surface area (Å²) in [4.78, 5) is 11.6. The van der Waals surface area contributed by atoms with Crippen molar-refractivity contribution in [3.63, 3.8) is 0 Å². The molecule has 1 aromatic carbocycles. The van der Waals surface area contributed by atoms with Gasteiger partial charge >= 0.3 is 5.97 Å². The van der Waals surface area contributed by atoms with Gasteiger partial charge in [-0.25, -0.2) is 8.42 Å². The summed E-state index contributed by atoms with van der Waals surface area (Å²) < 4.78 is 31.3. The summed E-state index contributed by atoms with van der Waals surface area (Å²) in [6.45, 7) is 6.73. The largest absolute Gasteiger partial charge is 0.468 e. The van der Waals surface area contributed by atoms with E-state index in [-0.39, 0.29) is 18.0 Å². The summed E-state index contributed by atoms with van der Waals surface area (Å²) in [6.07, 6.45) is 0. The van der Waals surface area contributed by atoms with Crippen molar-refractivity contribution < 1.29 is 17.9 Å². The molecule has 6 nitrogen and oxygen atoms in total. The third kappa shape index (κ3) is 3.36. The van der Waals surface area contributed by atoms with E-state index < -0.39 is 16.0 Å². The number of hydrogen-bond donors (Lipinski definition) is 1. The summed E-state index contributed by atoms with van der Waals surface area (Å²) in [6, 6.07) is 1.75. The lowest BCUT2D eigenvalue weighted by atomic mass is 10.1. The molecule has 0 fully saturated rings. The molecule has 1 rings (SSSR count). The molecule has 0 heterocycles. The number of sulfonamides is 1. The number of likely N-dealkylation sites (N-methyl/N-ethyl adjacent to an activating group) is 1. The second-order valence-electron chi connectivity index (χ2n) is 4.87. The van der Waals surface area contributed by atoms with E-state index in [1.165, 1.54) is 7.11 Å². The molecule has 0 unspecified atom stereocenters. The molecule has 21 heavy (non-hydrogen) atoms. The molecule has 7 heteroatoms. The van der Waals surface area contributed by atoms with Gasteiger partial charge in [-0.2, -0.15) is 4.31 Å². The van der Waals surface area contributed by atoms with Crippen LogP contribution in [0.2, 0.25) is 0 Å². The number of methoxy groups -OCH3 is 1. The van der Waals surface area contributed by atoms with Crippen LogP contribution in [0.5, 0.6) is 0 Å². The van der Waals surface area contributed by atoms with Crippen LogP contribution in [0.4, 0.5) is 5.69 Å². The van der Waals surface area contributed by atoms with Crippen LogP contribution in [-0.2, 0) is 19.6 Å². The first kappa shape index (κ1) is 17.5. The summed E-state index contributed by atoms with van der Waals surface area (Å²) in [5.41, 5.74) is 8.25. The van der Waals surface area contributed by atoms with Gasteiger partial charge in [-0.15, -0.1) is 0 Å². The van der Waals surface area contributed by atoms with Gasteiger partial charge in [-0.1, -0.05) is 6.92 Å². The molecular formula is C14H22N2O4S. The Balaban J connectivity index is 3.46. The minimum absolute atomic E-state index is 0.171. The standard InChI is InChI=1S/C14H22N2O4S/c1-6-16(8-13(17)20-5)21(18,19)14-10(3)9(2)7-12(15)11(14)4/h7H,6,8,15H2,1-5H3. The molecular weight excluding hydrogens is 292 g/mol. The number of hydrogen-bond acceptors (Lipinski definition) is 5. The number of benzene rings is 1. The maximum atomic E-state index is 12.8. The normalized spacial score (nSPS) is 11.7. The fourth-order valence-corrected chi connectivity index (χ4v) is 4.06. The van der Waals surface area contributed by atoms with E-state index in [1.807, 2.05) is 0 Å². The van der Waals surface area contributed by atoms with Gasteiger partial charge in [0.25, 0.3) is 0 Å². The maximum Gasteiger partial charge on any atom is 0.321 e. The molecule has 0 amide bonds. The zero-order chi connectivity index (χ0) is 16.4. The van der Waals surface area contributed by atoms with Crippen molar-refractivity contribution in [3.05, 3.63) is 22.8 Å². The van der Waals surface area contributed by atoms with Gasteiger partial charge in [0.15, 0.2) is 0 Å². The minimum atomic E-state index is -3.81. The third-order valence-electron chi connectivity index (χ3n) is 3.56. The van der Waals surface area contributed by atoms with Crippen molar-refractivity contribution in [2.24, 2.45) is 0 Å². The highest BCUT2D eigenvalue weighted by Gasteiger charge is 2.30. The number of rotatable bonds is 5. The molecule has 0 saturated carbocycles. The molecule has 118 valence electrons. The van der Waals surface area contributed by atoms with Gasteiger partial charge in [0.2, 0.25) is 10.0 Å². The van der Waals surface area contributed by atoms with Crippen LogP contribution in [-0.4, -0.2) is 38.9 Å². The van der Waals surface area contributed by atoms with Crippen LogP contribution in [0.3, 0.4) is 0 Å². The van der Waals surface area contributed by atoms with Crippen molar-refractivity contribution in [2.75, 3.05) is 25.9 Å². The Morgan fingerprint density at radius 2 is 1.86 bits per heavy atom. The monoisotopic (exact) mass is 314 g/mol. The van der Waals surface area contributed by atoms with E-state index >= 15 is 0 Å². The molecule has 0 atom stereocenters. The average Bonchev–Trinajstić information content (AvgIpc) is 2.42. The first-order valence-electron chi connectivity index (χ1n) is 6.60. The van der Waals surface area contributed by atoms with Crippen LogP contribution >= 0.6 is 0 Å². The Morgan fingerprint density at radius 3 is 2.33 bits per heavy atom. The van der Waals surface area contributed by atoms with Crippen LogP contribution in [0.25, 0.3) is 0 Å². The van der Waals surface area contributed by atoms with Crippen LogP contribution in [0.15, 0.2) is 11.0 Å². The maximum absolute atomic E-state index is 12.8. The molecule has 0 aliphatic rings. The summed E-state index contributed by atoms with van der Waals surface area (Å²) in [5.74, 6) is -0.601. The first-order valence-corrected chi connectivity index (χ1v) is 8.04. The topological polar surface area (TPSA) is 89.7 Å². The number of carbonyl (C=O) groups is 1. The van der Waals surface area contributed by atoms with Gasteiger partial charge in [0, 0.05) is 12.2 Å². The van der Waals surface area contributed by atoms with E-state index in [1.54, 1.807) is 33.8 Å². The van der Waals surface area contributed by atoms with E-state index in [0.717, 1.165) is 9.87 Å². The summed E-state index contributed by atoms with van der Waals surface area (Å²) >= 11 is 0. The highest BCUT2D eigenvalue weighted by Crippen LogP contribution is 2.30. The Bertz CT molecular complexity index is 627. The molecule has 0 saturated heterocycles. The molecule has 0 bridgehead atoms. The van der Waals surface area contributed by atoms with Gasteiger partial charge in [0.05, 0.1) is 12.0 Å². The number of nitrogen functional groups attached to an aromatic ring is 1. The van der Waals surface area contributed by atoms with E-state index in [2.05, 4.69) is 4.74 Å². The summed E-state index contributed by atoms with van der Waals surface area (Å²) in [7, 11) is -2.58. The highest BCUT2D eigenvalue weighted by molar-refractivity contribution is 7.89. The average molecular weight is 314 g/mol. The SMILES string of the molecule is CCN(CC(=O)OC)S(=O)(=O)c1c(C)c(C)cc(N)c1C. The Labute approximate surface area is 125 Å². The van der Waals surface area contributed by atoms with Crippen molar-refractivity contribution >= 4 is 21.7 Å². The molecule has 0 aliphatic heterocycles. The fraction of sp³-hybridized carbons (Fsp3) is 0.500. The molecule has 0 spiro atoms. The zero-order valence-corrected chi connectivity index (χ0v) is 13.9. The molecule has 0 aromatic heterocycles. The minimum Gasteiger partial charge on any atom is -0.468 e. The lowest BCUT2D eigenvalue weighted by Gasteiger charge is -2.23. The molecule has 0 radical (unpaired) electrons. The molecule has 0 aliphatic carbocycles. The van der Waals surface area contributed by atoms with Gasteiger partial charge in [0.1, 0.15) is 6.54 Å². The quantitative estimate of drug-likeness (QED) is 0.655. The van der Waals surface area contributed by atoms with Gasteiger partial charge in [-0.05, 0) is 43.5 Å².